The lowest BCUT2D eigenvalue weighted by Crippen LogP contribution is -2.09. The first-order chi connectivity index (χ1) is 5.66. The number of nitrogens with two attached hydrogens (primary N) is 1. The lowest BCUT2D eigenvalue weighted by atomic mass is 10.2. The number of alkyl halides is 1. The molecule has 0 aliphatic heterocycles. The van der Waals surface area contributed by atoms with Gasteiger partial charge < -0.3 is 5.73 Å². The van der Waals surface area contributed by atoms with E-state index in [2.05, 4.69) is 19.1 Å². The van der Waals surface area contributed by atoms with Crippen molar-refractivity contribution in [2.24, 2.45) is 5.73 Å². The molecule has 1 unspecified atom stereocenters. The van der Waals surface area contributed by atoms with Gasteiger partial charge in [-0.3, -0.25) is 0 Å². The van der Waals surface area contributed by atoms with Crippen LogP contribution < -0.4 is 5.73 Å². The van der Waals surface area contributed by atoms with E-state index in [1.165, 1.54) is 12.5 Å². The highest BCUT2D eigenvalue weighted by molar-refractivity contribution is 5.11. The van der Waals surface area contributed by atoms with E-state index in [9.17, 15) is 4.39 Å². The van der Waals surface area contributed by atoms with Gasteiger partial charge in [0.25, 0.3) is 0 Å². The minimum absolute atomic E-state index is 0.139. The molecule has 1 nitrogen and oxygen atoms in total. The predicted molar refractivity (Wildman–Crippen MR) is 50.8 cm³/mol. The zero-order valence-corrected chi connectivity index (χ0v) is 7.63. The SMILES string of the molecule is CC(F)CN.Cc1ccccc1. The van der Waals surface area contributed by atoms with Crippen molar-refractivity contribution < 1.29 is 4.39 Å². The van der Waals surface area contributed by atoms with Gasteiger partial charge in [0.15, 0.2) is 0 Å². The van der Waals surface area contributed by atoms with E-state index in [4.69, 9.17) is 5.73 Å². The largest absolute Gasteiger partial charge is 0.328 e. The van der Waals surface area contributed by atoms with Gasteiger partial charge in [0, 0.05) is 6.54 Å². The molecule has 0 saturated heterocycles. The summed E-state index contributed by atoms with van der Waals surface area (Å²) in [6.45, 7) is 3.65. The van der Waals surface area contributed by atoms with Crippen LogP contribution in [0.25, 0.3) is 0 Å². The molecular formula is C10H16FN. The van der Waals surface area contributed by atoms with E-state index in [1.54, 1.807) is 0 Å². The molecule has 12 heavy (non-hydrogen) atoms. The Hall–Kier alpha value is -0.890. The smallest absolute Gasteiger partial charge is 0.109 e. The third kappa shape index (κ3) is 7.22. The average molecular weight is 169 g/mol. The first-order valence-corrected chi connectivity index (χ1v) is 4.02. The molecule has 0 amide bonds. The summed E-state index contributed by atoms with van der Waals surface area (Å²) in [5.74, 6) is 0. The predicted octanol–water partition coefficient (Wildman–Crippen LogP) is 2.30. The summed E-state index contributed by atoms with van der Waals surface area (Å²) in [5, 5.41) is 0. The third-order valence-corrected chi connectivity index (χ3v) is 1.27. The summed E-state index contributed by atoms with van der Waals surface area (Å²) >= 11 is 0. The Balaban J connectivity index is 0.000000217. The molecule has 0 aliphatic rings. The maximum Gasteiger partial charge on any atom is 0.109 e. The number of hydrogen-bond donors (Lipinski definition) is 1. The highest BCUT2D eigenvalue weighted by Gasteiger charge is 1.85. The molecule has 2 N–H and O–H groups in total. The second-order valence-electron chi connectivity index (χ2n) is 2.67. The summed E-state index contributed by atoms with van der Waals surface area (Å²) in [6.07, 6.45) is -0.838. The van der Waals surface area contributed by atoms with Gasteiger partial charge in [0.05, 0.1) is 0 Å². The molecule has 1 atom stereocenters. The van der Waals surface area contributed by atoms with Crippen LogP contribution in [0.3, 0.4) is 0 Å². The van der Waals surface area contributed by atoms with Crippen LogP contribution in [0.15, 0.2) is 30.3 Å². The Morgan fingerprint density at radius 2 is 1.75 bits per heavy atom. The van der Waals surface area contributed by atoms with Crippen molar-refractivity contribution in [2.75, 3.05) is 6.54 Å². The Morgan fingerprint density at radius 3 is 1.92 bits per heavy atom. The van der Waals surface area contributed by atoms with Crippen LogP contribution in [0, 0.1) is 6.92 Å². The van der Waals surface area contributed by atoms with Crippen LogP contribution in [0.2, 0.25) is 0 Å². The maximum atomic E-state index is 11.3. The molecule has 0 heterocycles. The van der Waals surface area contributed by atoms with Crippen LogP contribution in [0.5, 0.6) is 0 Å². The number of halogens is 1. The van der Waals surface area contributed by atoms with Crippen LogP contribution >= 0.6 is 0 Å². The lowest BCUT2D eigenvalue weighted by molar-refractivity contribution is 0.370. The zero-order valence-electron chi connectivity index (χ0n) is 7.63. The summed E-state index contributed by atoms with van der Waals surface area (Å²) in [5.41, 5.74) is 6.12. The van der Waals surface area contributed by atoms with E-state index >= 15 is 0 Å². The van der Waals surface area contributed by atoms with Gasteiger partial charge >= 0.3 is 0 Å². The average Bonchev–Trinajstić information content (AvgIpc) is 2.07. The van der Waals surface area contributed by atoms with Crippen molar-refractivity contribution >= 4 is 0 Å². The molecular weight excluding hydrogens is 153 g/mol. The number of aryl methyl sites for hydroxylation is 1. The van der Waals surface area contributed by atoms with Gasteiger partial charge in [-0.1, -0.05) is 35.9 Å². The van der Waals surface area contributed by atoms with Gasteiger partial charge in [-0.15, -0.1) is 0 Å². The van der Waals surface area contributed by atoms with E-state index in [-0.39, 0.29) is 6.54 Å². The van der Waals surface area contributed by atoms with Crippen molar-refractivity contribution in [3.8, 4) is 0 Å². The third-order valence-electron chi connectivity index (χ3n) is 1.27. The summed E-state index contributed by atoms with van der Waals surface area (Å²) in [4.78, 5) is 0. The number of benzene rings is 1. The standard InChI is InChI=1S/C7H8.C3H8FN/c1-7-5-3-2-4-6-7;1-3(4)2-5/h2-6H,1H3;3H,2,5H2,1H3. The molecule has 1 aromatic carbocycles. The van der Waals surface area contributed by atoms with Crippen molar-refractivity contribution in [3.05, 3.63) is 35.9 Å². The van der Waals surface area contributed by atoms with E-state index in [0.29, 0.717) is 0 Å². The van der Waals surface area contributed by atoms with Crippen molar-refractivity contribution in [3.63, 3.8) is 0 Å². The Morgan fingerprint density at radius 1 is 1.33 bits per heavy atom. The number of hydrogen-bond acceptors (Lipinski definition) is 1. The fourth-order valence-corrected chi connectivity index (χ4v) is 0.534. The Bertz CT molecular complexity index is 184. The van der Waals surface area contributed by atoms with Gasteiger partial charge in [-0.2, -0.15) is 0 Å². The fourth-order valence-electron chi connectivity index (χ4n) is 0.534. The van der Waals surface area contributed by atoms with Crippen LogP contribution in [-0.2, 0) is 0 Å². The zero-order chi connectivity index (χ0) is 9.40. The highest BCUT2D eigenvalue weighted by Crippen LogP contribution is 1.92. The van der Waals surface area contributed by atoms with Crippen molar-refractivity contribution in [2.45, 2.75) is 20.0 Å². The minimum Gasteiger partial charge on any atom is -0.328 e. The summed E-state index contributed by atoms with van der Waals surface area (Å²) in [7, 11) is 0. The molecule has 68 valence electrons. The van der Waals surface area contributed by atoms with Gasteiger partial charge in [-0.25, -0.2) is 4.39 Å². The summed E-state index contributed by atoms with van der Waals surface area (Å²) in [6, 6.07) is 10.3. The Labute approximate surface area is 73.4 Å². The van der Waals surface area contributed by atoms with Crippen LogP contribution in [0.1, 0.15) is 12.5 Å². The van der Waals surface area contributed by atoms with Gasteiger partial charge in [0.2, 0.25) is 0 Å². The normalized spacial score (nSPS) is 11.3. The molecule has 1 aromatic rings. The van der Waals surface area contributed by atoms with E-state index < -0.39 is 6.17 Å². The molecule has 0 bridgehead atoms. The first kappa shape index (κ1) is 11.1. The molecule has 0 aliphatic carbocycles. The topological polar surface area (TPSA) is 26.0 Å². The van der Waals surface area contributed by atoms with Crippen molar-refractivity contribution in [1.29, 1.82) is 0 Å². The lowest BCUT2D eigenvalue weighted by Gasteiger charge is -1.86. The van der Waals surface area contributed by atoms with E-state index in [1.807, 2.05) is 18.2 Å². The van der Waals surface area contributed by atoms with Crippen LogP contribution in [-0.4, -0.2) is 12.7 Å². The second kappa shape index (κ2) is 6.80. The van der Waals surface area contributed by atoms with E-state index in [0.717, 1.165) is 0 Å². The maximum absolute atomic E-state index is 11.3. The molecule has 2 heteroatoms. The minimum atomic E-state index is -0.838. The molecule has 1 rings (SSSR count). The monoisotopic (exact) mass is 169 g/mol. The van der Waals surface area contributed by atoms with Crippen LogP contribution in [0.4, 0.5) is 4.39 Å². The summed E-state index contributed by atoms with van der Waals surface area (Å²) < 4.78 is 11.3. The molecule has 0 fully saturated rings. The molecule has 0 aromatic heterocycles. The molecule has 0 saturated carbocycles. The highest BCUT2D eigenvalue weighted by atomic mass is 19.1. The quantitative estimate of drug-likeness (QED) is 0.686. The molecule has 0 spiro atoms. The van der Waals surface area contributed by atoms with Crippen molar-refractivity contribution in [1.82, 2.24) is 0 Å². The fraction of sp³-hybridized carbons (Fsp3) is 0.400. The Kier molecular flexibility index (Phi) is 6.29. The second-order valence-corrected chi connectivity index (χ2v) is 2.67. The van der Waals surface area contributed by atoms with Gasteiger partial charge in [0.1, 0.15) is 6.17 Å². The first-order valence-electron chi connectivity index (χ1n) is 4.02. The number of rotatable bonds is 1. The van der Waals surface area contributed by atoms with Gasteiger partial charge in [-0.05, 0) is 13.8 Å². The molecule has 0 radical (unpaired) electrons.